The summed E-state index contributed by atoms with van der Waals surface area (Å²) in [5.74, 6) is -0.301. The molecule has 1 aromatic heterocycles. The standard InChI is InChI=1S/C8H12N4O/c1-6-2-3-12(11-6)7(5-9)4-8(10)13/h2-5,13H,9-10H2,1H3/b7-5+,8-4+. The van der Waals surface area contributed by atoms with Gasteiger partial charge in [0.1, 0.15) is 0 Å². The molecule has 5 nitrogen and oxygen atoms in total. The van der Waals surface area contributed by atoms with Gasteiger partial charge in [0.05, 0.1) is 11.4 Å². The molecule has 0 aliphatic heterocycles. The summed E-state index contributed by atoms with van der Waals surface area (Å²) in [4.78, 5) is 0. The van der Waals surface area contributed by atoms with Crippen molar-refractivity contribution in [3.05, 3.63) is 36.1 Å². The molecule has 1 aromatic rings. The van der Waals surface area contributed by atoms with E-state index in [1.807, 2.05) is 13.0 Å². The first kappa shape index (κ1) is 9.18. The maximum Gasteiger partial charge on any atom is 0.183 e. The number of aryl methyl sites for hydroxylation is 1. The van der Waals surface area contributed by atoms with Crippen molar-refractivity contribution >= 4 is 5.70 Å². The number of aromatic nitrogens is 2. The third-order valence-corrected chi connectivity index (χ3v) is 1.45. The van der Waals surface area contributed by atoms with Crippen LogP contribution in [0.5, 0.6) is 0 Å². The molecular formula is C8H12N4O. The second kappa shape index (κ2) is 3.66. The highest BCUT2D eigenvalue weighted by Crippen LogP contribution is 2.05. The predicted octanol–water partition coefficient (Wildman–Crippen LogP) is 0.307. The van der Waals surface area contributed by atoms with E-state index in [4.69, 9.17) is 16.6 Å². The van der Waals surface area contributed by atoms with Crippen LogP contribution in [0.1, 0.15) is 5.69 Å². The van der Waals surface area contributed by atoms with Crippen molar-refractivity contribution in [3.63, 3.8) is 0 Å². The molecule has 0 aliphatic rings. The van der Waals surface area contributed by atoms with Gasteiger partial charge in [-0.15, -0.1) is 0 Å². The largest absolute Gasteiger partial charge is 0.495 e. The molecule has 0 saturated heterocycles. The van der Waals surface area contributed by atoms with Gasteiger partial charge in [-0.3, -0.25) is 0 Å². The molecule has 1 heterocycles. The quantitative estimate of drug-likeness (QED) is 0.451. The third kappa shape index (κ3) is 2.26. The average molecular weight is 180 g/mol. The van der Waals surface area contributed by atoms with Gasteiger partial charge in [0.15, 0.2) is 5.88 Å². The first-order valence-electron chi connectivity index (χ1n) is 3.74. The van der Waals surface area contributed by atoms with Crippen molar-refractivity contribution in [2.24, 2.45) is 11.5 Å². The van der Waals surface area contributed by atoms with Crippen molar-refractivity contribution in [3.8, 4) is 0 Å². The highest BCUT2D eigenvalue weighted by molar-refractivity contribution is 5.55. The van der Waals surface area contributed by atoms with Gasteiger partial charge in [0.25, 0.3) is 0 Å². The van der Waals surface area contributed by atoms with Crippen molar-refractivity contribution < 1.29 is 5.11 Å². The number of nitrogens with two attached hydrogens (primary N) is 2. The minimum Gasteiger partial charge on any atom is -0.495 e. The lowest BCUT2D eigenvalue weighted by molar-refractivity contribution is 0.406. The molecule has 1 rings (SSSR count). The van der Waals surface area contributed by atoms with Gasteiger partial charge in [-0.25, -0.2) is 4.68 Å². The predicted molar refractivity (Wildman–Crippen MR) is 50.3 cm³/mol. The summed E-state index contributed by atoms with van der Waals surface area (Å²) < 4.78 is 1.53. The molecule has 0 spiro atoms. The van der Waals surface area contributed by atoms with Gasteiger partial charge in [-0.05, 0) is 13.0 Å². The van der Waals surface area contributed by atoms with Gasteiger partial charge in [-0.1, -0.05) is 0 Å². The van der Waals surface area contributed by atoms with Crippen LogP contribution in [-0.2, 0) is 0 Å². The van der Waals surface area contributed by atoms with E-state index in [-0.39, 0.29) is 5.88 Å². The van der Waals surface area contributed by atoms with Crippen LogP contribution >= 0.6 is 0 Å². The Morgan fingerprint density at radius 1 is 1.69 bits per heavy atom. The highest BCUT2D eigenvalue weighted by Gasteiger charge is 1.98. The van der Waals surface area contributed by atoms with E-state index < -0.39 is 0 Å². The number of aliphatic hydroxyl groups is 1. The molecular weight excluding hydrogens is 168 g/mol. The zero-order chi connectivity index (χ0) is 9.84. The maximum atomic E-state index is 8.82. The smallest absolute Gasteiger partial charge is 0.183 e. The number of nitrogens with zero attached hydrogens (tertiary/aromatic N) is 2. The molecule has 70 valence electrons. The molecule has 0 bridgehead atoms. The van der Waals surface area contributed by atoms with Gasteiger partial charge in [0.2, 0.25) is 0 Å². The fraction of sp³-hybridized carbons (Fsp3) is 0.125. The van der Waals surface area contributed by atoms with E-state index in [2.05, 4.69) is 5.10 Å². The van der Waals surface area contributed by atoms with Crippen LogP contribution < -0.4 is 11.5 Å². The summed E-state index contributed by atoms with van der Waals surface area (Å²) in [6.45, 7) is 1.86. The third-order valence-electron chi connectivity index (χ3n) is 1.45. The molecule has 5 N–H and O–H groups in total. The molecule has 0 fully saturated rings. The van der Waals surface area contributed by atoms with Crippen molar-refractivity contribution in [2.45, 2.75) is 6.92 Å². The van der Waals surface area contributed by atoms with E-state index in [1.54, 1.807) is 6.20 Å². The summed E-state index contributed by atoms with van der Waals surface area (Å²) in [6.07, 6.45) is 4.37. The van der Waals surface area contributed by atoms with Crippen molar-refractivity contribution in [2.75, 3.05) is 0 Å². The summed E-state index contributed by atoms with van der Waals surface area (Å²) in [5.41, 5.74) is 11.8. The summed E-state index contributed by atoms with van der Waals surface area (Å²) in [7, 11) is 0. The summed E-state index contributed by atoms with van der Waals surface area (Å²) in [5, 5.41) is 12.9. The van der Waals surface area contributed by atoms with E-state index in [9.17, 15) is 0 Å². The fourth-order valence-electron chi connectivity index (χ4n) is 0.901. The molecule has 13 heavy (non-hydrogen) atoms. The van der Waals surface area contributed by atoms with E-state index in [0.29, 0.717) is 5.70 Å². The van der Waals surface area contributed by atoms with E-state index in [0.717, 1.165) is 5.69 Å². The molecule has 0 amide bonds. The van der Waals surface area contributed by atoms with Gasteiger partial charge in [-0.2, -0.15) is 5.10 Å². The van der Waals surface area contributed by atoms with Crippen molar-refractivity contribution in [1.82, 2.24) is 9.78 Å². The SMILES string of the molecule is Cc1ccn(C(/C=C(\N)O)=C/N)n1. The highest BCUT2D eigenvalue weighted by atomic mass is 16.3. The lowest BCUT2D eigenvalue weighted by Crippen LogP contribution is -2.02. The van der Waals surface area contributed by atoms with Crippen LogP contribution in [0, 0.1) is 6.92 Å². The molecule has 0 saturated carbocycles. The monoisotopic (exact) mass is 180 g/mol. The molecule has 5 heteroatoms. The first-order valence-corrected chi connectivity index (χ1v) is 3.74. The summed E-state index contributed by atoms with van der Waals surface area (Å²) >= 11 is 0. The maximum absolute atomic E-state index is 8.82. The Balaban J connectivity index is 2.99. The first-order chi connectivity index (χ1) is 6.13. The fourth-order valence-corrected chi connectivity index (χ4v) is 0.901. The molecule has 0 unspecified atom stereocenters. The molecule has 0 radical (unpaired) electrons. The zero-order valence-corrected chi connectivity index (χ0v) is 7.31. The normalized spacial score (nSPS) is 13.3. The number of aliphatic hydroxyl groups excluding tert-OH is 1. The Morgan fingerprint density at radius 2 is 2.38 bits per heavy atom. The Morgan fingerprint density at radius 3 is 2.77 bits per heavy atom. The Labute approximate surface area is 76.0 Å². The Bertz CT molecular complexity index is 347. The van der Waals surface area contributed by atoms with Crippen LogP contribution in [0.25, 0.3) is 5.70 Å². The van der Waals surface area contributed by atoms with Gasteiger partial charge in [0, 0.05) is 18.5 Å². The number of hydrogen-bond donors (Lipinski definition) is 3. The van der Waals surface area contributed by atoms with Crippen LogP contribution in [0.3, 0.4) is 0 Å². The number of hydrogen-bond acceptors (Lipinski definition) is 4. The number of rotatable bonds is 2. The lowest BCUT2D eigenvalue weighted by atomic mass is 10.4. The Hall–Kier alpha value is -1.91. The molecule has 0 atom stereocenters. The van der Waals surface area contributed by atoms with Crippen LogP contribution in [0.15, 0.2) is 30.4 Å². The molecule has 0 aromatic carbocycles. The van der Waals surface area contributed by atoms with E-state index in [1.165, 1.54) is 17.0 Å². The number of allylic oxidation sites excluding steroid dienone is 2. The van der Waals surface area contributed by atoms with E-state index >= 15 is 0 Å². The summed E-state index contributed by atoms with van der Waals surface area (Å²) in [6, 6.07) is 1.82. The second-order valence-corrected chi connectivity index (χ2v) is 2.56. The van der Waals surface area contributed by atoms with Crippen LogP contribution in [0.4, 0.5) is 0 Å². The minimum absolute atomic E-state index is 0.301. The minimum atomic E-state index is -0.301. The topological polar surface area (TPSA) is 90.1 Å². The zero-order valence-electron chi connectivity index (χ0n) is 7.31. The van der Waals surface area contributed by atoms with Gasteiger partial charge >= 0.3 is 0 Å². The van der Waals surface area contributed by atoms with Gasteiger partial charge < -0.3 is 16.6 Å². The second-order valence-electron chi connectivity index (χ2n) is 2.56. The Kier molecular flexibility index (Phi) is 2.59. The molecule has 0 aliphatic carbocycles. The average Bonchev–Trinajstić information content (AvgIpc) is 2.47. The van der Waals surface area contributed by atoms with Crippen LogP contribution in [-0.4, -0.2) is 14.9 Å². The van der Waals surface area contributed by atoms with Crippen LogP contribution in [0.2, 0.25) is 0 Å². The van der Waals surface area contributed by atoms with Crippen molar-refractivity contribution in [1.29, 1.82) is 0 Å². The lowest BCUT2D eigenvalue weighted by Gasteiger charge is -2.00.